The summed E-state index contributed by atoms with van der Waals surface area (Å²) < 4.78 is 5.20. The minimum absolute atomic E-state index is 0.416. The molecule has 1 atom stereocenters. The molecule has 0 radical (unpaired) electrons. The van der Waals surface area contributed by atoms with Crippen LogP contribution in [0.4, 0.5) is 0 Å². The lowest BCUT2D eigenvalue weighted by atomic mass is 10.1. The van der Waals surface area contributed by atoms with E-state index in [1.54, 1.807) is 7.11 Å². The standard InChI is InChI=1S/C11H16N2O/c1-14-10-4-2-3-9(7-10)11-8-12-5-6-13-11/h2-4,7,11-13H,5-6,8H2,1H3/t11-/m0/s1. The molecule has 0 bridgehead atoms. The third-order valence-electron chi connectivity index (χ3n) is 2.54. The number of methoxy groups -OCH3 is 1. The Balaban J connectivity index is 2.13. The molecule has 3 heteroatoms. The fourth-order valence-electron chi connectivity index (χ4n) is 1.75. The van der Waals surface area contributed by atoms with E-state index < -0.39 is 0 Å². The van der Waals surface area contributed by atoms with E-state index in [1.807, 2.05) is 12.1 Å². The number of piperazine rings is 1. The zero-order chi connectivity index (χ0) is 9.80. The SMILES string of the molecule is COc1cccc([C@@H]2CNCCN2)c1. The molecular formula is C11H16N2O. The number of nitrogens with one attached hydrogen (secondary N) is 2. The summed E-state index contributed by atoms with van der Waals surface area (Å²) in [5.74, 6) is 0.926. The van der Waals surface area contributed by atoms with Gasteiger partial charge in [-0.25, -0.2) is 0 Å². The van der Waals surface area contributed by atoms with Crippen LogP contribution >= 0.6 is 0 Å². The minimum Gasteiger partial charge on any atom is -0.497 e. The topological polar surface area (TPSA) is 33.3 Å². The second-order valence-corrected chi connectivity index (χ2v) is 3.49. The van der Waals surface area contributed by atoms with Crippen LogP contribution in [0.3, 0.4) is 0 Å². The molecule has 0 aliphatic carbocycles. The highest BCUT2D eigenvalue weighted by Crippen LogP contribution is 2.19. The summed E-state index contributed by atoms with van der Waals surface area (Å²) in [7, 11) is 1.70. The highest BCUT2D eigenvalue weighted by atomic mass is 16.5. The maximum Gasteiger partial charge on any atom is 0.119 e. The average molecular weight is 192 g/mol. The minimum atomic E-state index is 0.416. The zero-order valence-corrected chi connectivity index (χ0v) is 8.42. The van der Waals surface area contributed by atoms with E-state index in [1.165, 1.54) is 5.56 Å². The molecule has 1 aromatic carbocycles. The van der Waals surface area contributed by atoms with Crippen LogP contribution in [0.25, 0.3) is 0 Å². The van der Waals surface area contributed by atoms with Crippen molar-refractivity contribution in [3.63, 3.8) is 0 Å². The van der Waals surface area contributed by atoms with Crippen LogP contribution in [0.15, 0.2) is 24.3 Å². The molecule has 1 aliphatic rings. The molecule has 0 spiro atoms. The van der Waals surface area contributed by atoms with Crippen LogP contribution < -0.4 is 15.4 Å². The molecule has 1 aromatic rings. The van der Waals surface area contributed by atoms with Crippen LogP contribution in [0.5, 0.6) is 5.75 Å². The third-order valence-corrected chi connectivity index (χ3v) is 2.54. The Labute approximate surface area is 84.5 Å². The zero-order valence-electron chi connectivity index (χ0n) is 8.42. The normalized spacial score (nSPS) is 21.9. The molecule has 1 fully saturated rings. The first kappa shape index (κ1) is 9.49. The van der Waals surface area contributed by atoms with Gasteiger partial charge in [0.25, 0.3) is 0 Å². The summed E-state index contributed by atoms with van der Waals surface area (Å²) in [5, 5.41) is 6.84. The molecule has 3 nitrogen and oxygen atoms in total. The highest BCUT2D eigenvalue weighted by Gasteiger charge is 2.13. The Morgan fingerprint density at radius 1 is 1.36 bits per heavy atom. The first-order chi connectivity index (χ1) is 6.90. The maximum atomic E-state index is 5.20. The summed E-state index contributed by atoms with van der Waals surface area (Å²) in [4.78, 5) is 0. The largest absolute Gasteiger partial charge is 0.497 e. The smallest absolute Gasteiger partial charge is 0.119 e. The highest BCUT2D eigenvalue weighted by molar-refractivity contribution is 5.30. The monoisotopic (exact) mass is 192 g/mol. The summed E-state index contributed by atoms with van der Waals surface area (Å²) in [5.41, 5.74) is 1.29. The fourth-order valence-corrected chi connectivity index (χ4v) is 1.75. The number of hydrogen-bond donors (Lipinski definition) is 2. The quantitative estimate of drug-likeness (QED) is 0.731. The second kappa shape index (κ2) is 4.44. The Morgan fingerprint density at radius 3 is 3.00 bits per heavy atom. The van der Waals surface area contributed by atoms with Crippen LogP contribution in [-0.4, -0.2) is 26.7 Å². The van der Waals surface area contributed by atoms with Crippen LogP contribution in [-0.2, 0) is 0 Å². The van der Waals surface area contributed by atoms with Gasteiger partial charge < -0.3 is 15.4 Å². The number of benzene rings is 1. The molecule has 76 valence electrons. The predicted molar refractivity (Wildman–Crippen MR) is 56.6 cm³/mol. The Hall–Kier alpha value is -1.06. The molecule has 1 saturated heterocycles. The molecular weight excluding hydrogens is 176 g/mol. The summed E-state index contributed by atoms with van der Waals surface area (Å²) in [6.07, 6.45) is 0. The number of ether oxygens (including phenoxy) is 1. The van der Waals surface area contributed by atoms with E-state index in [-0.39, 0.29) is 0 Å². The van der Waals surface area contributed by atoms with Crippen molar-refractivity contribution in [2.45, 2.75) is 6.04 Å². The molecule has 0 unspecified atom stereocenters. The van der Waals surface area contributed by atoms with E-state index in [9.17, 15) is 0 Å². The van der Waals surface area contributed by atoms with Crippen molar-refractivity contribution in [1.29, 1.82) is 0 Å². The Bertz CT molecular complexity index is 295. The van der Waals surface area contributed by atoms with Crippen molar-refractivity contribution in [2.24, 2.45) is 0 Å². The first-order valence-electron chi connectivity index (χ1n) is 4.98. The molecule has 2 rings (SSSR count). The van der Waals surface area contributed by atoms with Crippen molar-refractivity contribution >= 4 is 0 Å². The third kappa shape index (κ3) is 2.05. The van der Waals surface area contributed by atoms with Crippen molar-refractivity contribution in [2.75, 3.05) is 26.7 Å². The molecule has 1 heterocycles. The van der Waals surface area contributed by atoms with E-state index in [4.69, 9.17) is 4.74 Å². The molecule has 0 amide bonds. The van der Waals surface area contributed by atoms with Gasteiger partial charge in [-0.1, -0.05) is 12.1 Å². The van der Waals surface area contributed by atoms with E-state index >= 15 is 0 Å². The predicted octanol–water partition coefficient (Wildman–Crippen LogP) is 0.929. The Kier molecular flexibility index (Phi) is 3.01. The van der Waals surface area contributed by atoms with Crippen molar-refractivity contribution in [1.82, 2.24) is 10.6 Å². The second-order valence-electron chi connectivity index (χ2n) is 3.49. The first-order valence-corrected chi connectivity index (χ1v) is 4.98. The van der Waals surface area contributed by atoms with E-state index in [0.717, 1.165) is 25.4 Å². The number of rotatable bonds is 2. The van der Waals surface area contributed by atoms with Gasteiger partial charge in [-0.3, -0.25) is 0 Å². The van der Waals surface area contributed by atoms with Gasteiger partial charge >= 0.3 is 0 Å². The number of hydrogen-bond acceptors (Lipinski definition) is 3. The molecule has 2 N–H and O–H groups in total. The van der Waals surface area contributed by atoms with Gasteiger partial charge in [-0.2, -0.15) is 0 Å². The van der Waals surface area contributed by atoms with Gasteiger partial charge in [-0.15, -0.1) is 0 Å². The van der Waals surface area contributed by atoms with Gasteiger partial charge in [0.05, 0.1) is 7.11 Å². The maximum absolute atomic E-state index is 5.20. The Morgan fingerprint density at radius 2 is 2.29 bits per heavy atom. The van der Waals surface area contributed by atoms with E-state index in [2.05, 4.69) is 22.8 Å². The summed E-state index contributed by atoms with van der Waals surface area (Å²) in [6, 6.07) is 8.64. The van der Waals surface area contributed by atoms with E-state index in [0.29, 0.717) is 6.04 Å². The van der Waals surface area contributed by atoms with Crippen LogP contribution in [0.1, 0.15) is 11.6 Å². The van der Waals surface area contributed by atoms with Crippen LogP contribution in [0.2, 0.25) is 0 Å². The van der Waals surface area contributed by atoms with Crippen molar-refractivity contribution < 1.29 is 4.74 Å². The van der Waals surface area contributed by atoms with Crippen LogP contribution in [0, 0.1) is 0 Å². The average Bonchev–Trinajstić information content (AvgIpc) is 2.30. The lowest BCUT2D eigenvalue weighted by Crippen LogP contribution is -2.42. The van der Waals surface area contributed by atoms with Crippen molar-refractivity contribution in [3.05, 3.63) is 29.8 Å². The fraction of sp³-hybridized carbons (Fsp3) is 0.455. The van der Waals surface area contributed by atoms with Gasteiger partial charge in [0.2, 0.25) is 0 Å². The van der Waals surface area contributed by atoms with Gasteiger partial charge in [-0.05, 0) is 17.7 Å². The molecule has 1 aliphatic heterocycles. The molecule has 14 heavy (non-hydrogen) atoms. The lowest BCUT2D eigenvalue weighted by molar-refractivity contribution is 0.407. The summed E-state index contributed by atoms with van der Waals surface area (Å²) >= 11 is 0. The van der Waals surface area contributed by atoms with Crippen molar-refractivity contribution in [3.8, 4) is 5.75 Å². The van der Waals surface area contributed by atoms with Gasteiger partial charge in [0.15, 0.2) is 0 Å². The molecule has 0 aromatic heterocycles. The molecule has 0 saturated carbocycles. The lowest BCUT2D eigenvalue weighted by Gasteiger charge is -2.25. The van der Waals surface area contributed by atoms with Gasteiger partial charge in [0.1, 0.15) is 5.75 Å². The summed E-state index contributed by atoms with van der Waals surface area (Å²) in [6.45, 7) is 3.08. The van der Waals surface area contributed by atoms with Gasteiger partial charge in [0, 0.05) is 25.7 Å².